The van der Waals surface area contributed by atoms with Crippen LogP contribution in [-0.2, 0) is 9.47 Å². The van der Waals surface area contributed by atoms with Gasteiger partial charge in [0.15, 0.2) is 12.8 Å². The molecule has 0 bridgehead atoms. The van der Waals surface area contributed by atoms with E-state index in [4.69, 9.17) is 0 Å². The second kappa shape index (κ2) is 10.9. The Morgan fingerprint density at radius 1 is 0.765 bits per heavy atom. The van der Waals surface area contributed by atoms with Gasteiger partial charge in [0.05, 0.1) is 13.1 Å². The molecule has 4 heteroatoms. The third kappa shape index (κ3) is 9.35. The Bertz CT molecular complexity index is 243. The quantitative estimate of drug-likeness (QED) is 0.648. The van der Waals surface area contributed by atoms with Gasteiger partial charge in [0.2, 0.25) is 0 Å². The van der Waals surface area contributed by atoms with Crippen LogP contribution in [0.2, 0.25) is 0 Å². The third-order valence-corrected chi connectivity index (χ3v) is 2.10. The van der Waals surface area contributed by atoms with E-state index in [2.05, 4.69) is 43.8 Å². The summed E-state index contributed by atoms with van der Waals surface area (Å²) in [5.41, 5.74) is 0. The van der Waals surface area contributed by atoms with Gasteiger partial charge in [0, 0.05) is 0 Å². The summed E-state index contributed by atoms with van der Waals surface area (Å²) < 4.78 is 9.31. The van der Waals surface area contributed by atoms with Crippen molar-refractivity contribution >= 4 is 12.8 Å². The lowest BCUT2D eigenvalue weighted by Gasteiger charge is -1.81. The minimum absolute atomic E-state index is 0.778. The van der Waals surface area contributed by atoms with Gasteiger partial charge in [-0.3, -0.25) is 9.98 Å². The van der Waals surface area contributed by atoms with Gasteiger partial charge in [-0.15, -0.1) is 0 Å². The van der Waals surface area contributed by atoms with Crippen LogP contribution < -0.4 is 0 Å². The molecule has 17 heavy (non-hydrogen) atoms. The van der Waals surface area contributed by atoms with Gasteiger partial charge < -0.3 is 9.47 Å². The van der Waals surface area contributed by atoms with E-state index in [0.717, 1.165) is 26.3 Å². The largest absolute Gasteiger partial charge is 0.482 e. The number of allylic oxidation sites excluding steroid dienone is 4. The first-order valence-corrected chi connectivity index (χ1v) is 6.01. The molecule has 4 nitrogen and oxygen atoms in total. The predicted octanol–water partition coefficient (Wildman–Crippen LogP) is 2.37. The fraction of sp³-hybridized carbons (Fsp3) is 0.538. The van der Waals surface area contributed by atoms with Crippen LogP contribution in [-0.4, -0.2) is 39.1 Å². The van der Waals surface area contributed by atoms with Crippen molar-refractivity contribution in [3.05, 3.63) is 24.3 Å². The van der Waals surface area contributed by atoms with Crippen LogP contribution in [0.25, 0.3) is 0 Å². The molecule has 0 unspecified atom stereocenters. The average molecular weight is 236 g/mol. The van der Waals surface area contributed by atoms with Crippen molar-refractivity contribution in [1.82, 2.24) is 0 Å². The van der Waals surface area contributed by atoms with Crippen LogP contribution in [0.4, 0.5) is 0 Å². The number of aliphatic imine (C=N–C) groups is 2. The minimum Gasteiger partial charge on any atom is -0.482 e. The van der Waals surface area contributed by atoms with Crippen molar-refractivity contribution in [1.29, 1.82) is 0 Å². The summed E-state index contributed by atoms with van der Waals surface area (Å²) >= 11 is 0. The Morgan fingerprint density at radius 2 is 1.29 bits per heavy atom. The molecule has 2 heterocycles. The Labute approximate surface area is 103 Å². The molecule has 94 valence electrons. The van der Waals surface area contributed by atoms with Crippen LogP contribution in [0.5, 0.6) is 0 Å². The van der Waals surface area contributed by atoms with Crippen molar-refractivity contribution in [2.24, 2.45) is 9.98 Å². The van der Waals surface area contributed by atoms with Crippen molar-refractivity contribution < 1.29 is 9.47 Å². The monoisotopic (exact) mass is 236 g/mol. The summed E-state index contributed by atoms with van der Waals surface area (Å²) in [7, 11) is 0. The Hall–Kier alpha value is -1.58. The fourth-order valence-electron chi connectivity index (χ4n) is 1.23. The van der Waals surface area contributed by atoms with Crippen molar-refractivity contribution in [2.75, 3.05) is 26.3 Å². The normalized spacial score (nSPS) is 19.3. The highest BCUT2D eigenvalue weighted by Gasteiger charge is 1.85. The van der Waals surface area contributed by atoms with Gasteiger partial charge in [0.1, 0.15) is 13.2 Å². The highest BCUT2D eigenvalue weighted by Crippen LogP contribution is 2.01. The summed E-state index contributed by atoms with van der Waals surface area (Å²) in [4.78, 5) is 7.47. The maximum atomic E-state index is 4.65. The number of hydrogen-bond donors (Lipinski definition) is 0. The first-order chi connectivity index (χ1) is 8.50. The molecule has 2 aliphatic heterocycles. The molecule has 0 N–H and O–H groups in total. The molecule has 0 atom stereocenters. The molecule has 0 saturated heterocycles. The average Bonchev–Trinajstić information content (AvgIpc) is 3.04. The van der Waals surface area contributed by atoms with Gasteiger partial charge in [-0.2, -0.15) is 0 Å². The second-order valence-electron chi connectivity index (χ2n) is 3.55. The van der Waals surface area contributed by atoms with Crippen LogP contribution in [0.15, 0.2) is 34.3 Å². The standard InChI is InChI=1S/C7H10.2C3H5NO/c1-2-4-6-7-5-3-1;2*1-2-5-3-4-1/h1-4H,5-7H2;2*3H,1-2H2. The molecule has 0 saturated carbocycles. The molecule has 3 aliphatic rings. The lowest BCUT2D eigenvalue weighted by molar-refractivity contribution is 0.361. The molecule has 0 aromatic rings. The van der Waals surface area contributed by atoms with Gasteiger partial charge in [-0.25, -0.2) is 0 Å². The summed E-state index contributed by atoms with van der Waals surface area (Å²) in [5, 5.41) is 0. The first-order valence-electron chi connectivity index (χ1n) is 6.01. The molecular weight excluding hydrogens is 216 g/mol. The van der Waals surface area contributed by atoms with Gasteiger partial charge in [-0.05, 0) is 19.3 Å². The molecule has 1 aliphatic carbocycles. The van der Waals surface area contributed by atoms with E-state index in [1.165, 1.54) is 32.1 Å². The lowest BCUT2D eigenvalue weighted by atomic mass is 10.2. The number of ether oxygens (including phenoxy) is 2. The van der Waals surface area contributed by atoms with E-state index in [1.54, 1.807) is 0 Å². The minimum atomic E-state index is 0.778. The Morgan fingerprint density at radius 3 is 1.59 bits per heavy atom. The van der Waals surface area contributed by atoms with Crippen LogP contribution in [0, 0.1) is 0 Å². The maximum absolute atomic E-state index is 4.65. The zero-order valence-electron chi connectivity index (χ0n) is 10.1. The highest BCUT2D eigenvalue weighted by atomic mass is 16.5. The second-order valence-corrected chi connectivity index (χ2v) is 3.55. The smallest absolute Gasteiger partial charge is 0.169 e. The van der Waals surface area contributed by atoms with Gasteiger partial charge in [0.25, 0.3) is 0 Å². The molecule has 3 rings (SSSR count). The zero-order chi connectivity index (χ0) is 12.0. The molecule has 0 radical (unpaired) electrons. The molecule has 0 spiro atoms. The number of nitrogens with zero attached hydrogens (tertiary/aromatic N) is 2. The Balaban J connectivity index is 0.000000130. The van der Waals surface area contributed by atoms with E-state index in [1.807, 2.05) is 0 Å². The van der Waals surface area contributed by atoms with Gasteiger partial charge >= 0.3 is 0 Å². The topological polar surface area (TPSA) is 43.2 Å². The SMILES string of the molecule is C1=CCCCC=C1.C1=NCCO1.C1=NCCO1. The molecule has 0 amide bonds. The molecule has 0 aromatic carbocycles. The summed E-state index contributed by atoms with van der Waals surface area (Å²) in [5.74, 6) is 0. The van der Waals surface area contributed by atoms with E-state index in [-0.39, 0.29) is 0 Å². The lowest BCUT2D eigenvalue weighted by Crippen LogP contribution is -1.80. The van der Waals surface area contributed by atoms with Crippen LogP contribution in [0.1, 0.15) is 19.3 Å². The fourth-order valence-corrected chi connectivity index (χ4v) is 1.23. The molecule has 0 fully saturated rings. The van der Waals surface area contributed by atoms with Crippen molar-refractivity contribution in [3.8, 4) is 0 Å². The van der Waals surface area contributed by atoms with E-state index >= 15 is 0 Å². The summed E-state index contributed by atoms with van der Waals surface area (Å²) in [6, 6.07) is 0. The van der Waals surface area contributed by atoms with Gasteiger partial charge in [-0.1, -0.05) is 24.3 Å². The van der Waals surface area contributed by atoms with E-state index < -0.39 is 0 Å². The molecule has 0 aromatic heterocycles. The first kappa shape index (κ1) is 13.5. The van der Waals surface area contributed by atoms with Crippen molar-refractivity contribution in [2.45, 2.75) is 19.3 Å². The van der Waals surface area contributed by atoms with E-state index in [0.29, 0.717) is 0 Å². The summed E-state index contributed by atoms with van der Waals surface area (Å²) in [6.07, 6.45) is 15.5. The third-order valence-electron chi connectivity index (χ3n) is 2.10. The van der Waals surface area contributed by atoms with E-state index in [9.17, 15) is 0 Å². The van der Waals surface area contributed by atoms with Crippen LogP contribution in [0.3, 0.4) is 0 Å². The Kier molecular flexibility index (Phi) is 8.66. The molecular formula is C13H20N2O2. The van der Waals surface area contributed by atoms with Crippen LogP contribution >= 0.6 is 0 Å². The number of rotatable bonds is 0. The summed E-state index contributed by atoms with van der Waals surface area (Å²) in [6.45, 7) is 3.25. The highest BCUT2D eigenvalue weighted by molar-refractivity contribution is 5.48. The zero-order valence-corrected chi connectivity index (χ0v) is 10.1. The predicted molar refractivity (Wildman–Crippen MR) is 70.8 cm³/mol. The maximum Gasteiger partial charge on any atom is 0.169 e. The number of hydrogen-bond acceptors (Lipinski definition) is 4. The van der Waals surface area contributed by atoms with Crippen molar-refractivity contribution in [3.63, 3.8) is 0 Å².